The van der Waals surface area contributed by atoms with Crippen LogP contribution in [-0.2, 0) is 9.53 Å². The molecule has 108 valence electrons. The highest BCUT2D eigenvalue weighted by Gasteiger charge is 2.40. The normalized spacial score (nSPS) is 25.8. The zero-order valence-electron chi connectivity index (χ0n) is 10.6. The summed E-state index contributed by atoms with van der Waals surface area (Å²) >= 11 is 0. The molecular formula is C11H14N4O5. The first-order chi connectivity index (χ1) is 9.43. The lowest BCUT2D eigenvalue weighted by Gasteiger charge is -2.14. The molecule has 1 amide bonds. The monoisotopic (exact) mass is 282 g/mol. The molecule has 1 aliphatic rings. The van der Waals surface area contributed by atoms with E-state index in [2.05, 4.69) is 10.3 Å². The number of hydrogen-bond acceptors (Lipinski definition) is 7. The van der Waals surface area contributed by atoms with E-state index in [0.29, 0.717) is 0 Å². The number of hydrogen-bond donors (Lipinski definition) is 4. The van der Waals surface area contributed by atoms with E-state index < -0.39 is 30.7 Å². The van der Waals surface area contributed by atoms with E-state index in [1.165, 1.54) is 19.2 Å². The van der Waals surface area contributed by atoms with E-state index >= 15 is 0 Å². The van der Waals surface area contributed by atoms with Crippen LogP contribution in [0.3, 0.4) is 0 Å². The molecule has 9 nitrogen and oxygen atoms in total. The molecule has 0 aliphatic carbocycles. The van der Waals surface area contributed by atoms with Crippen LogP contribution >= 0.6 is 0 Å². The molecule has 0 unspecified atom stereocenters. The van der Waals surface area contributed by atoms with E-state index in [0.717, 1.165) is 4.57 Å². The standard InChI is InChI=1S/C11H14N4O5/c1-5(17)13-7-2-3-15(11(19)14-7)10-8(12)9(18)6(4-16)20-10/h2-3,6,9-10,12,16,18H,4H2,1H3,(H,13,14,17,19)/t6-,9-,10-/m1/s1. The maximum absolute atomic E-state index is 11.8. The lowest BCUT2D eigenvalue weighted by atomic mass is 10.1. The summed E-state index contributed by atoms with van der Waals surface area (Å²) < 4.78 is 6.24. The summed E-state index contributed by atoms with van der Waals surface area (Å²) in [7, 11) is 0. The van der Waals surface area contributed by atoms with Crippen molar-refractivity contribution in [3.63, 3.8) is 0 Å². The third-order valence-corrected chi connectivity index (χ3v) is 2.81. The van der Waals surface area contributed by atoms with Crippen molar-refractivity contribution in [1.29, 1.82) is 5.41 Å². The first kappa shape index (κ1) is 14.3. The fourth-order valence-corrected chi connectivity index (χ4v) is 1.86. The zero-order chi connectivity index (χ0) is 14.9. The lowest BCUT2D eigenvalue weighted by Crippen LogP contribution is -2.32. The Morgan fingerprint density at radius 1 is 1.65 bits per heavy atom. The molecule has 4 N–H and O–H groups in total. The summed E-state index contributed by atoms with van der Waals surface area (Å²) in [5, 5.41) is 28.7. The van der Waals surface area contributed by atoms with Crippen molar-refractivity contribution in [3.8, 4) is 0 Å². The smallest absolute Gasteiger partial charge is 0.351 e. The summed E-state index contributed by atoms with van der Waals surface area (Å²) in [6, 6.07) is 1.37. The number of amides is 1. The Bertz CT molecular complexity index is 599. The van der Waals surface area contributed by atoms with Gasteiger partial charge in [-0.3, -0.25) is 9.36 Å². The SMILES string of the molecule is CC(=O)Nc1ccn([C@@H]2O[C@H](CO)[C@@H](O)C2=N)c(=O)n1. The van der Waals surface area contributed by atoms with Crippen LogP contribution < -0.4 is 11.0 Å². The molecule has 0 spiro atoms. The number of aliphatic hydroxyl groups excluding tert-OH is 2. The van der Waals surface area contributed by atoms with Gasteiger partial charge in [-0.05, 0) is 6.07 Å². The van der Waals surface area contributed by atoms with Crippen molar-refractivity contribution in [2.45, 2.75) is 25.4 Å². The van der Waals surface area contributed by atoms with E-state index in [4.69, 9.17) is 15.3 Å². The Labute approximate surface area is 113 Å². The van der Waals surface area contributed by atoms with Gasteiger partial charge in [-0.25, -0.2) is 4.79 Å². The highest BCUT2D eigenvalue weighted by atomic mass is 16.5. The first-order valence-electron chi connectivity index (χ1n) is 5.83. The summed E-state index contributed by atoms with van der Waals surface area (Å²) in [5.74, 6) is -0.280. The molecule has 1 aromatic heterocycles. The van der Waals surface area contributed by atoms with Gasteiger partial charge in [0.15, 0.2) is 6.23 Å². The van der Waals surface area contributed by atoms with E-state index in [1.54, 1.807) is 0 Å². The Balaban J connectivity index is 2.28. The molecule has 0 saturated carbocycles. The minimum absolute atomic E-state index is 0.0857. The number of ether oxygens (including phenoxy) is 1. The minimum atomic E-state index is -1.27. The van der Waals surface area contributed by atoms with Crippen LogP contribution in [-0.4, -0.2) is 50.2 Å². The molecule has 20 heavy (non-hydrogen) atoms. The number of anilines is 1. The molecule has 0 bridgehead atoms. The van der Waals surface area contributed by atoms with Crippen LogP contribution in [0.1, 0.15) is 13.2 Å². The molecule has 1 saturated heterocycles. The molecule has 2 heterocycles. The minimum Gasteiger partial charge on any atom is -0.394 e. The van der Waals surface area contributed by atoms with Crippen molar-refractivity contribution in [3.05, 3.63) is 22.7 Å². The molecule has 3 atom stereocenters. The molecule has 2 rings (SSSR count). The molecule has 0 aromatic carbocycles. The van der Waals surface area contributed by atoms with Gasteiger partial charge in [0.05, 0.1) is 12.3 Å². The maximum Gasteiger partial charge on any atom is 0.351 e. The average Bonchev–Trinajstić information content (AvgIpc) is 2.66. The highest BCUT2D eigenvalue weighted by molar-refractivity contribution is 5.90. The second-order valence-electron chi connectivity index (χ2n) is 4.29. The van der Waals surface area contributed by atoms with Crippen molar-refractivity contribution in [2.75, 3.05) is 11.9 Å². The third kappa shape index (κ3) is 2.59. The number of carbonyl (C=O) groups is 1. The van der Waals surface area contributed by atoms with Gasteiger partial charge in [-0.1, -0.05) is 0 Å². The summed E-state index contributed by atoms with van der Waals surface area (Å²) in [6.45, 7) is 0.817. The predicted molar refractivity (Wildman–Crippen MR) is 67.5 cm³/mol. The Morgan fingerprint density at radius 2 is 2.35 bits per heavy atom. The predicted octanol–water partition coefficient (Wildman–Crippen LogP) is -1.53. The number of carbonyl (C=O) groups excluding carboxylic acids is 1. The van der Waals surface area contributed by atoms with Crippen LogP contribution in [0.25, 0.3) is 0 Å². The molecule has 1 aromatic rings. The Morgan fingerprint density at radius 3 is 2.85 bits per heavy atom. The molecular weight excluding hydrogens is 268 g/mol. The average molecular weight is 282 g/mol. The number of aliphatic hydroxyl groups is 2. The van der Waals surface area contributed by atoms with Crippen molar-refractivity contribution >= 4 is 17.4 Å². The molecule has 1 fully saturated rings. The Hall–Kier alpha value is -2.10. The van der Waals surface area contributed by atoms with Crippen LogP contribution in [0.15, 0.2) is 17.1 Å². The van der Waals surface area contributed by atoms with E-state index in [-0.39, 0.29) is 17.4 Å². The van der Waals surface area contributed by atoms with Gasteiger partial charge in [0.25, 0.3) is 0 Å². The summed E-state index contributed by atoms with van der Waals surface area (Å²) in [6.07, 6.45) is -2.04. The highest BCUT2D eigenvalue weighted by Crippen LogP contribution is 2.24. The van der Waals surface area contributed by atoms with E-state index in [9.17, 15) is 14.7 Å². The Kier molecular flexibility index (Phi) is 3.93. The van der Waals surface area contributed by atoms with Gasteiger partial charge >= 0.3 is 5.69 Å². The van der Waals surface area contributed by atoms with E-state index in [1.807, 2.05) is 0 Å². The van der Waals surface area contributed by atoms with Crippen LogP contribution in [0.2, 0.25) is 0 Å². The second kappa shape index (κ2) is 5.49. The quantitative estimate of drug-likeness (QED) is 0.531. The van der Waals surface area contributed by atoms with Crippen molar-refractivity contribution in [2.24, 2.45) is 0 Å². The zero-order valence-corrected chi connectivity index (χ0v) is 10.6. The van der Waals surface area contributed by atoms with Gasteiger partial charge in [0.1, 0.15) is 18.0 Å². The first-order valence-corrected chi connectivity index (χ1v) is 5.83. The number of aromatic nitrogens is 2. The van der Waals surface area contributed by atoms with Gasteiger partial charge in [0, 0.05) is 13.1 Å². The van der Waals surface area contributed by atoms with Crippen LogP contribution in [0.5, 0.6) is 0 Å². The van der Waals surface area contributed by atoms with Gasteiger partial charge < -0.3 is 25.7 Å². The summed E-state index contributed by atoms with van der Waals surface area (Å²) in [4.78, 5) is 26.3. The second-order valence-corrected chi connectivity index (χ2v) is 4.29. The van der Waals surface area contributed by atoms with Crippen LogP contribution in [0.4, 0.5) is 5.82 Å². The molecule has 1 aliphatic heterocycles. The molecule has 9 heteroatoms. The van der Waals surface area contributed by atoms with Crippen molar-refractivity contribution < 1.29 is 19.7 Å². The topological polar surface area (TPSA) is 138 Å². The van der Waals surface area contributed by atoms with Gasteiger partial charge in [-0.2, -0.15) is 4.98 Å². The largest absolute Gasteiger partial charge is 0.394 e. The third-order valence-electron chi connectivity index (χ3n) is 2.81. The maximum atomic E-state index is 11.8. The fourth-order valence-electron chi connectivity index (χ4n) is 1.86. The van der Waals surface area contributed by atoms with Gasteiger partial charge in [0.2, 0.25) is 5.91 Å². The van der Waals surface area contributed by atoms with Gasteiger partial charge in [-0.15, -0.1) is 0 Å². The summed E-state index contributed by atoms with van der Waals surface area (Å²) in [5.41, 5.74) is -0.975. The number of nitrogens with zero attached hydrogens (tertiary/aromatic N) is 2. The lowest BCUT2D eigenvalue weighted by molar-refractivity contribution is -0.114. The van der Waals surface area contributed by atoms with Crippen molar-refractivity contribution in [1.82, 2.24) is 9.55 Å². The van der Waals surface area contributed by atoms with Crippen LogP contribution in [0, 0.1) is 5.41 Å². The fraction of sp³-hybridized carbons (Fsp3) is 0.455. The molecule has 0 radical (unpaired) electrons. The number of nitrogens with one attached hydrogen (secondary N) is 2. The number of rotatable bonds is 3.